The lowest BCUT2D eigenvalue weighted by molar-refractivity contribution is -0.120. The van der Waals surface area contributed by atoms with E-state index in [2.05, 4.69) is 37.6 Å². The summed E-state index contributed by atoms with van der Waals surface area (Å²) in [7, 11) is 1.60. The van der Waals surface area contributed by atoms with Crippen LogP contribution in [0.3, 0.4) is 0 Å². The van der Waals surface area contributed by atoms with Crippen LogP contribution in [0.1, 0.15) is 39.9 Å². The van der Waals surface area contributed by atoms with Gasteiger partial charge >= 0.3 is 0 Å². The topological polar surface area (TPSA) is 113 Å². The Labute approximate surface area is 172 Å². The molecule has 5 rings (SSSR count). The number of H-pyrrole nitrogens is 1. The molecule has 2 aliphatic rings. The van der Waals surface area contributed by atoms with Crippen molar-refractivity contribution in [1.82, 2.24) is 25.5 Å². The molecule has 0 fully saturated rings. The van der Waals surface area contributed by atoms with E-state index in [9.17, 15) is 9.59 Å². The zero-order valence-corrected chi connectivity index (χ0v) is 16.3. The van der Waals surface area contributed by atoms with Crippen molar-refractivity contribution in [1.29, 1.82) is 0 Å². The van der Waals surface area contributed by atoms with E-state index in [1.807, 2.05) is 12.1 Å². The molecule has 1 aliphatic carbocycles. The first-order chi connectivity index (χ1) is 14.6. The average Bonchev–Trinajstić information content (AvgIpc) is 3.40. The molecule has 2 amide bonds. The fourth-order valence-corrected chi connectivity index (χ4v) is 4.03. The number of benzene rings is 1. The highest BCUT2D eigenvalue weighted by atomic mass is 16.5. The minimum atomic E-state index is -0.863. The number of anilines is 1. The molecule has 1 aromatic carbocycles. The number of likely N-dealkylation sites (N-methyl/N-ethyl adjacent to an activating group) is 1. The second kappa shape index (κ2) is 7.25. The van der Waals surface area contributed by atoms with Crippen LogP contribution in [0.15, 0.2) is 42.6 Å². The van der Waals surface area contributed by atoms with Gasteiger partial charge in [-0.2, -0.15) is 0 Å². The van der Waals surface area contributed by atoms with Gasteiger partial charge in [-0.15, -0.1) is 10.2 Å². The Morgan fingerprint density at radius 1 is 1.23 bits per heavy atom. The van der Waals surface area contributed by atoms with E-state index >= 15 is 0 Å². The van der Waals surface area contributed by atoms with Gasteiger partial charge in [0.1, 0.15) is 18.5 Å². The Bertz CT molecular complexity index is 1130. The molecule has 0 spiro atoms. The summed E-state index contributed by atoms with van der Waals surface area (Å²) in [6.07, 6.45) is 3.47. The van der Waals surface area contributed by atoms with Gasteiger partial charge in [-0.05, 0) is 36.1 Å². The zero-order chi connectivity index (χ0) is 20.7. The fraction of sp³-hybridized carbons (Fsp3) is 0.286. The first-order valence-corrected chi connectivity index (χ1v) is 9.78. The Hall–Kier alpha value is -3.75. The van der Waals surface area contributed by atoms with Gasteiger partial charge in [0, 0.05) is 19.2 Å². The number of aryl methyl sites for hydroxylation is 1. The van der Waals surface area contributed by atoms with Crippen LogP contribution in [-0.2, 0) is 11.2 Å². The second-order valence-corrected chi connectivity index (χ2v) is 7.41. The lowest BCUT2D eigenvalue weighted by Gasteiger charge is -2.19. The number of pyridine rings is 1. The van der Waals surface area contributed by atoms with Crippen LogP contribution in [0.4, 0.5) is 5.82 Å². The highest BCUT2D eigenvalue weighted by Gasteiger charge is 2.33. The third-order valence-corrected chi connectivity index (χ3v) is 5.59. The molecular weight excluding hydrogens is 384 g/mol. The van der Waals surface area contributed by atoms with Crippen molar-refractivity contribution in [3.63, 3.8) is 0 Å². The van der Waals surface area contributed by atoms with Crippen molar-refractivity contribution in [2.75, 3.05) is 18.6 Å². The molecule has 2 aromatic heterocycles. The third kappa shape index (κ3) is 3.08. The van der Waals surface area contributed by atoms with Crippen LogP contribution < -0.4 is 15.0 Å². The van der Waals surface area contributed by atoms with Gasteiger partial charge in [0.05, 0.1) is 0 Å². The van der Waals surface area contributed by atoms with Gasteiger partial charge in [-0.1, -0.05) is 24.3 Å². The number of carbonyl (C=O) groups excluding carboxylic acids is 2. The van der Waals surface area contributed by atoms with Gasteiger partial charge in [-0.25, -0.2) is 4.98 Å². The van der Waals surface area contributed by atoms with E-state index in [4.69, 9.17) is 4.74 Å². The highest BCUT2D eigenvalue weighted by molar-refractivity contribution is 6.01. The van der Waals surface area contributed by atoms with Crippen molar-refractivity contribution >= 4 is 17.6 Å². The molecule has 1 aliphatic heterocycles. The summed E-state index contributed by atoms with van der Waals surface area (Å²) < 4.78 is 5.68. The van der Waals surface area contributed by atoms with Crippen molar-refractivity contribution in [3.8, 4) is 5.75 Å². The summed E-state index contributed by atoms with van der Waals surface area (Å²) in [5.41, 5.74) is 2.50. The van der Waals surface area contributed by atoms with Crippen molar-refractivity contribution in [2.24, 2.45) is 0 Å². The molecule has 0 radical (unpaired) electrons. The minimum absolute atomic E-state index is 0.00456. The number of rotatable bonds is 3. The van der Waals surface area contributed by atoms with Crippen LogP contribution in [0.25, 0.3) is 0 Å². The molecule has 30 heavy (non-hydrogen) atoms. The van der Waals surface area contributed by atoms with Crippen LogP contribution in [-0.4, -0.2) is 51.7 Å². The lowest BCUT2D eigenvalue weighted by Crippen LogP contribution is -2.49. The van der Waals surface area contributed by atoms with E-state index < -0.39 is 11.9 Å². The van der Waals surface area contributed by atoms with Crippen molar-refractivity contribution in [2.45, 2.75) is 24.8 Å². The summed E-state index contributed by atoms with van der Waals surface area (Å²) in [6.45, 7) is 0.00456. The summed E-state index contributed by atoms with van der Waals surface area (Å²) >= 11 is 0. The SMILES string of the molecule is CN1C(=O)[C@@H](NC(=O)c2nnc([C@H]3CCc4ccccc43)[nH]2)COc2cccnc21. The Balaban J connectivity index is 1.32. The number of nitrogens with zero attached hydrogens (tertiary/aromatic N) is 4. The molecule has 9 heteroatoms. The maximum Gasteiger partial charge on any atom is 0.289 e. The van der Waals surface area contributed by atoms with Crippen LogP contribution in [0.5, 0.6) is 5.75 Å². The predicted molar refractivity (Wildman–Crippen MR) is 107 cm³/mol. The normalized spacial score (nSPS) is 20.2. The summed E-state index contributed by atoms with van der Waals surface area (Å²) in [5.74, 6) is 0.907. The first-order valence-electron chi connectivity index (χ1n) is 9.78. The second-order valence-electron chi connectivity index (χ2n) is 7.41. The van der Waals surface area contributed by atoms with E-state index in [1.165, 1.54) is 16.0 Å². The number of carbonyl (C=O) groups is 2. The molecule has 2 atom stereocenters. The van der Waals surface area contributed by atoms with Gasteiger partial charge in [0.15, 0.2) is 11.6 Å². The monoisotopic (exact) mass is 404 g/mol. The number of hydrogen-bond acceptors (Lipinski definition) is 6. The Morgan fingerprint density at radius 3 is 3.00 bits per heavy atom. The number of amides is 2. The molecule has 0 saturated heterocycles. The summed E-state index contributed by atoms with van der Waals surface area (Å²) in [6, 6.07) is 10.8. The summed E-state index contributed by atoms with van der Waals surface area (Å²) in [5, 5.41) is 10.9. The largest absolute Gasteiger partial charge is 0.487 e. The van der Waals surface area contributed by atoms with E-state index in [0.29, 0.717) is 17.4 Å². The van der Waals surface area contributed by atoms with Crippen molar-refractivity contribution in [3.05, 3.63) is 65.4 Å². The third-order valence-electron chi connectivity index (χ3n) is 5.59. The van der Waals surface area contributed by atoms with Crippen LogP contribution in [0.2, 0.25) is 0 Å². The average molecular weight is 404 g/mol. The molecule has 9 nitrogen and oxygen atoms in total. The highest BCUT2D eigenvalue weighted by Crippen LogP contribution is 2.36. The minimum Gasteiger partial charge on any atom is -0.487 e. The molecule has 0 unspecified atom stereocenters. The van der Waals surface area contributed by atoms with Gasteiger partial charge in [0.2, 0.25) is 5.82 Å². The first kappa shape index (κ1) is 18.3. The maximum atomic E-state index is 12.8. The lowest BCUT2D eigenvalue weighted by atomic mass is 10.0. The molecule has 3 heterocycles. The smallest absolute Gasteiger partial charge is 0.289 e. The van der Waals surface area contributed by atoms with Crippen molar-refractivity contribution < 1.29 is 14.3 Å². The zero-order valence-electron chi connectivity index (χ0n) is 16.3. The van der Waals surface area contributed by atoms with E-state index in [-0.39, 0.29) is 24.3 Å². The van der Waals surface area contributed by atoms with E-state index in [0.717, 1.165) is 12.8 Å². The molecular formula is C21H20N6O3. The number of ether oxygens (including phenoxy) is 1. The molecule has 3 aromatic rings. The van der Waals surface area contributed by atoms with Crippen LogP contribution in [0, 0.1) is 0 Å². The van der Waals surface area contributed by atoms with Gasteiger partial charge in [-0.3, -0.25) is 14.5 Å². The fourth-order valence-electron chi connectivity index (χ4n) is 4.03. The number of aromatic nitrogens is 4. The maximum absolute atomic E-state index is 12.8. The Morgan fingerprint density at radius 2 is 2.10 bits per heavy atom. The number of hydrogen-bond donors (Lipinski definition) is 2. The molecule has 0 bridgehead atoms. The number of aromatic amines is 1. The quantitative estimate of drug-likeness (QED) is 0.683. The molecule has 152 valence electrons. The number of fused-ring (bicyclic) bond motifs is 2. The molecule has 0 saturated carbocycles. The van der Waals surface area contributed by atoms with Crippen LogP contribution >= 0.6 is 0 Å². The molecule has 2 N–H and O–H groups in total. The predicted octanol–water partition coefficient (Wildman–Crippen LogP) is 1.43. The Kier molecular flexibility index (Phi) is 4.42. The van der Waals surface area contributed by atoms with Gasteiger partial charge < -0.3 is 15.0 Å². The summed E-state index contributed by atoms with van der Waals surface area (Å²) in [4.78, 5) is 34.1. The standard InChI is InChI=1S/C21H20N6O3/c1-27-19-16(7-4-10-22-19)30-11-15(21(27)29)23-20(28)18-24-17(25-26-18)14-9-8-12-5-2-3-6-13(12)14/h2-7,10,14-15H,8-9,11H2,1H3,(H,23,28)(H,24,25,26)/t14-,15-/m0/s1. The number of nitrogens with one attached hydrogen (secondary N) is 2. The van der Waals surface area contributed by atoms with E-state index in [1.54, 1.807) is 25.4 Å². The van der Waals surface area contributed by atoms with Gasteiger partial charge in [0.25, 0.3) is 11.8 Å².